The Labute approximate surface area is 140 Å². The van der Waals surface area contributed by atoms with Gasteiger partial charge in [-0.2, -0.15) is 0 Å². The van der Waals surface area contributed by atoms with Crippen LogP contribution < -0.4 is 0 Å². The van der Waals surface area contributed by atoms with Crippen LogP contribution >= 0.6 is 0 Å². The molecule has 0 radical (unpaired) electrons. The van der Waals surface area contributed by atoms with E-state index < -0.39 is 0 Å². The van der Waals surface area contributed by atoms with Crippen molar-refractivity contribution in [3.8, 4) is 0 Å². The highest BCUT2D eigenvalue weighted by Gasteiger charge is 2.21. The Morgan fingerprint density at radius 1 is 0.870 bits per heavy atom. The molecule has 126 valence electrons. The van der Waals surface area contributed by atoms with E-state index in [-0.39, 0.29) is 5.91 Å². The zero-order valence-electron chi connectivity index (χ0n) is 14.3. The van der Waals surface area contributed by atoms with Crippen molar-refractivity contribution in [1.82, 2.24) is 14.7 Å². The van der Waals surface area contributed by atoms with Crippen molar-refractivity contribution in [3.63, 3.8) is 0 Å². The fourth-order valence-corrected chi connectivity index (χ4v) is 3.58. The first-order valence-electron chi connectivity index (χ1n) is 9.09. The molecule has 1 aromatic rings. The zero-order chi connectivity index (χ0) is 16.1. The summed E-state index contributed by atoms with van der Waals surface area (Å²) < 4.78 is 0. The number of benzene rings is 1. The third kappa shape index (κ3) is 4.33. The number of carbonyl (C=O) groups excluding carboxylic acids is 1. The molecule has 0 aromatic heterocycles. The fourth-order valence-electron chi connectivity index (χ4n) is 3.58. The Kier molecular flexibility index (Phi) is 5.68. The van der Waals surface area contributed by atoms with Gasteiger partial charge in [0.1, 0.15) is 0 Å². The number of likely N-dealkylation sites (N-methyl/N-ethyl adjacent to an activating group) is 1. The van der Waals surface area contributed by atoms with E-state index in [4.69, 9.17) is 0 Å². The van der Waals surface area contributed by atoms with Gasteiger partial charge in [-0.1, -0.05) is 25.5 Å². The second-order valence-electron chi connectivity index (χ2n) is 6.76. The monoisotopic (exact) mass is 315 g/mol. The average Bonchev–Trinajstić information content (AvgIpc) is 2.63. The highest BCUT2D eigenvalue weighted by atomic mass is 16.2. The summed E-state index contributed by atoms with van der Waals surface area (Å²) in [6.45, 7) is 10.4. The van der Waals surface area contributed by atoms with Crippen LogP contribution in [-0.4, -0.2) is 66.4 Å². The van der Waals surface area contributed by atoms with E-state index in [9.17, 15) is 4.79 Å². The zero-order valence-corrected chi connectivity index (χ0v) is 14.3. The number of nitrogens with zero attached hydrogens (tertiary/aromatic N) is 3. The first kappa shape index (κ1) is 16.5. The van der Waals surface area contributed by atoms with Crippen LogP contribution in [0.4, 0.5) is 0 Å². The molecule has 2 aliphatic rings. The lowest BCUT2D eigenvalue weighted by Crippen LogP contribution is -2.48. The van der Waals surface area contributed by atoms with Crippen molar-refractivity contribution in [2.24, 2.45) is 0 Å². The van der Waals surface area contributed by atoms with Crippen molar-refractivity contribution >= 4 is 5.91 Å². The Morgan fingerprint density at radius 3 is 2.13 bits per heavy atom. The summed E-state index contributed by atoms with van der Waals surface area (Å²) in [4.78, 5) is 19.5. The lowest BCUT2D eigenvalue weighted by Gasteiger charge is -2.34. The maximum atomic E-state index is 12.6. The van der Waals surface area contributed by atoms with E-state index in [1.54, 1.807) is 0 Å². The van der Waals surface area contributed by atoms with Gasteiger partial charge in [0.05, 0.1) is 0 Å². The van der Waals surface area contributed by atoms with E-state index in [0.29, 0.717) is 0 Å². The summed E-state index contributed by atoms with van der Waals surface area (Å²) in [5.41, 5.74) is 2.15. The van der Waals surface area contributed by atoms with E-state index in [0.717, 1.165) is 44.8 Å². The maximum absolute atomic E-state index is 12.6. The van der Waals surface area contributed by atoms with Crippen LogP contribution in [0.25, 0.3) is 0 Å². The van der Waals surface area contributed by atoms with Crippen molar-refractivity contribution in [1.29, 1.82) is 0 Å². The molecule has 0 aliphatic carbocycles. The van der Waals surface area contributed by atoms with Crippen LogP contribution in [0.15, 0.2) is 24.3 Å². The first-order chi connectivity index (χ1) is 11.3. The number of carbonyl (C=O) groups is 1. The number of likely N-dealkylation sites (tertiary alicyclic amines) is 1. The number of piperazine rings is 1. The minimum atomic E-state index is 0.185. The predicted molar refractivity (Wildman–Crippen MR) is 93.6 cm³/mol. The second kappa shape index (κ2) is 7.93. The molecule has 0 bridgehead atoms. The SMILES string of the molecule is CCN1CCN(C(=O)c2ccc(CN3CCCCC3)cc2)CC1. The number of amides is 1. The molecule has 2 saturated heterocycles. The van der Waals surface area contributed by atoms with E-state index in [1.807, 2.05) is 17.0 Å². The van der Waals surface area contributed by atoms with Gasteiger partial charge in [0.15, 0.2) is 0 Å². The molecule has 4 nitrogen and oxygen atoms in total. The van der Waals surface area contributed by atoms with Gasteiger partial charge in [0.25, 0.3) is 5.91 Å². The average molecular weight is 315 g/mol. The Bertz CT molecular complexity index is 500. The molecular formula is C19H29N3O. The molecule has 0 spiro atoms. The van der Waals surface area contributed by atoms with Crippen LogP contribution in [0, 0.1) is 0 Å². The van der Waals surface area contributed by atoms with Gasteiger partial charge < -0.3 is 9.80 Å². The normalized spacial score (nSPS) is 20.7. The van der Waals surface area contributed by atoms with E-state index >= 15 is 0 Å². The lowest BCUT2D eigenvalue weighted by molar-refractivity contribution is 0.0643. The first-order valence-corrected chi connectivity index (χ1v) is 9.09. The summed E-state index contributed by atoms with van der Waals surface area (Å²) >= 11 is 0. The number of piperidine rings is 1. The molecule has 23 heavy (non-hydrogen) atoms. The van der Waals surface area contributed by atoms with Crippen molar-refractivity contribution in [2.45, 2.75) is 32.7 Å². The standard InChI is InChI=1S/C19H29N3O/c1-2-20-12-14-22(15-13-20)19(23)18-8-6-17(7-9-18)16-21-10-4-3-5-11-21/h6-9H,2-5,10-16H2,1H3. The molecule has 2 fully saturated rings. The Hall–Kier alpha value is -1.39. The summed E-state index contributed by atoms with van der Waals surface area (Å²) in [6, 6.07) is 8.27. The molecule has 3 rings (SSSR count). The number of rotatable bonds is 4. The maximum Gasteiger partial charge on any atom is 0.253 e. The van der Waals surface area contributed by atoms with Crippen LogP contribution in [0.5, 0.6) is 0 Å². The quantitative estimate of drug-likeness (QED) is 0.854. The number of hydrogen-bond acceptors (Lipinski definition) is 3. The third-order valence-corrected chi connectivity index (χ3v) is 5.16. The molecule has 0 saturated carbocycles. The molecule has 1 aromatic carbocycles. The highest BCUT2D eigenvalue weighted by molar-refractivity contribution is 5.94. The minimum Gasteiger partial charge on any atom is -0.336 e. The molecule has 1 amide bonds. The van der Waals surface area contributed by atoms with Gasteiger partial charge in [-0.05, 0) is 50.2 Å². The third-order valence-electron chi connectivity index (χ3n) is 5.16. The summed E-state index contributed by atoms with van der Waals surface area (Å²) in [7, 11) is 0. The largest absolute Gasteiger partial charge is 0.336 e. The Morgan fingerprint density at radius 2 is 1.52 bits per heavy atom. The van der Waals surface area contributed by atoms with Crippen molar-refractivity contribution < 1.29 is 4.79 Å². The van der Waals surface area contributed by atoms with Gasteiger partial charge in [0, 0.05) is 38.3 Å². The van der Waals surface area contributed by atoms with Gasteiger partial charge in [-0.3, -0.25) is 9.69 Å². The van der Waals surface area contributed by atoms with Gasteiger partial charge in [-0.15, -0.1) is 0 Å². The molecule has 2 heterocycles. The molecular weight excluding hydrogens is 286 g/mol. The van der Waals surface area contributed by atoms with Crippen molar-refractivity contribution in [3.05, 3.63) is 35.4 Å². The highest BCUT2D eigenvalue weighted by Crippen LogP contribution is 2.15. The summed E-state index contributed by atoms with van der Waals surface area (Å²) in [5.74, 6) is 0.185. The molecule has 0 N–H and O–H groups in total. The van der Waals surface area contributed by atoms with E-state index in [2.05, 4.69) is 28.9 Å². The van der Waals surface area contributed by atoms with Crippen LogP contribution in [-0.2, 0) is 6.54 Å². The molecule has 0 atom stereocenters. The van der Waals surface area contributed by atoms with Crippen LogP contribution in [0.3, 0.4) is 0 Å². The fraction of sp³-hybridized carbons (Fsp3) is 0.632. The summed E-state index contributed by atoms with van der Waals surface area (Å²) in [6.07, 6.45) is 4.01. The smallest absolute Gasteiger partial charge is 0.253 e. The minimum absolute atomic E-state index is 0.185. The molecule has 4 heteroatoms. The van der Waals surface area contributed by atoms with Crippen LogP contribution in [0.2, 0.25) is 0 Å². The van der Waals surface area contributed by atoms with Gasteiger partial charge in [-0.25, -0.2) is 0 Å². The molecule has 0 unspecified atom stereocenters. The Balaban J connectivity index is 1.55. The second-order valence-corrected chi connectivity index (χ2v) is 6.76. The van der Waals surface area contributed by atoms with Crippen molar-refractivity contribution in [2.75, 3.05) is 45.8 Å². The van der Waals surface area contributed by atoms with E-state index in [1.165, 1.54) is 37.9 Å². The van der Waals surface area contributed by atoms with Gasteiger partial charge in [0.2, 0.25) is 0 Å². The molecule has 2 aliphatic heterocycles. The van der Waals surface area contributed by atoms with Gasteiger partial charge >= 0.3 is 0 Å². The predicted octanol–water partition coefficient (Wildman–Crippen LogP) is 2.45. The summed E-state index contributed by atoms with van der Waals surface area (Å²) in [5, 5.41) is 0. The topological polar surface area (TPSA) is 26.8 Å². The van der Waals surface area contributed by atoms with Crippen LogP contribution in [0.1, 0.15) is 42.1 Å². The lowest BCUT2D eigenvalue weighted by atomic mass is 10.1. The number of hydrogen-bond donors (Lipinski definition) is 0.